The molecule has 0 bridgehead atoms. The Balaban J connectivity index is 4.17. The normalized spacial score (nSPS) is 10.4. The van der Waals surface area contributed by atoms with Gasteiger partial charge in [-0.1, -0.05) is 13.8 Å². The number of ether oxygens (including phenoxy) is 1. The molecular weight excluding hydrogens is 198 g/mol. The number of carboxylic acid groups (broad SMARTS) is 1. The highest BCUT2D eigenvalue weighted by Gasteiger charge is 2.17. The Morgan fingerprint density at radius 1 is 1.33 bits per heavy atom. The lowest BCUT2D eigenvalue weighted by Crippen LogP contribution is -2.38. The van der Waals surface area contributed by atoms with Crippen molar-refractivity contribution in [3.8, 4) is 0 Å². The van der Waals surface area contributed by atoms with Crippen LogP contribution in [0.4, 0.5) is 0 Å². The molecule has 15 heavy (non-hydrogen) atoms. The molecule has 0 aromatic rings. The maximum absolute atomic E-state index is 11.6. The Morgan fingerprint density at radius 3 is 2.33 bits per heavy atom. The predicted molar refractivity (Wildman–Crippen MR) is 55.5 cm³/mol. The molecule has 0 unspecified atom stereocenters. The van der Waals surface area contributed by atoms with Crippen LogP contribution in [0, 0.1) is 5.92 Å². The number of carbonyl (C=O) groups excluding carboxylic acids is 1. The van der Waals surface area contributed by atoms with Crippen molar-refractivity contribution < 1.29 is 19.4 Å². The fraction of sp³-hybridized carbons (Fsp3) is 0.800. The summed E-state index contributed by atoms with van der Waals surface area (Å²) in [7, 11) is 1.55. The minimum atomic E-state index is -0.894. The first-order valence-electron chi connectivity index (χ1n) is 4.98. The third kappa shape index (κ3) is 6.06. The molecule has 5 nitrogen and oxygen atoms in total. The third-order valence-corrected chi connectivity index (χ3v) is 1.97. The van der Waals surface area contributed by atoms with E-state index in [2.05, 4.69) is 0 Å². The van der Waals surface area contributed by atoms with Crippen molar-refractivity contribution in [3.63, 3.8) is 0 Å². The van der Waals surface area contributed by atoms with Crippen LogP contribution < -0.4 is 0 Å². The van der Waals surface area contributed by atoms with Crippen molar-refractivity contribution in [2.75, 3.05) is 26.8 Å². The smallest absolute Gasteiger partial charge is 0.305 e. The monoisotopic (exact) mass is 217 g/mol. The highest BCUT2D eigenvalue weighted by Crippen LogP contribution is 2.02. The molecule has 0 saturated carbocycles. The third-order valence-electron chi connectivity index (χ3n) is 1.97. The molecule has 0 aromatic heterocycles. The molecule has 1 amide bonds. The lowest BCUT2D eigenvalue weighted by Gasteiger charge is -2.23. The summed E-state index contributed by atoms with van der Waals surface area (Å²) in [5.41, 5.74) is 0. The van der Waals surface area contributed by atoms with Gasteiger partial charge in [0.05, 0.1) is 13.0 Å². The van der Waals surface area contributed by atoms with E-state index in [-0.39, 0.29) is 24.8 Å². The van der Waals surface area contributed by atoms with E-state index in [0.717, 1.165) is 0 Å². The molecule has 0 spiro atoms. The second-order valence-electron chi connectivity index (χ2n) is 3.62. The lowest BCUT2D eigenvalue weighted by atomic mass is 10.2. The number of amides is 1. The van der Waals surface area contributed by atoms with Gasteiger partial charge in [0, 0.05) is 26.1 Å². The minimum absolute atomic E-state index is 0.0256. The number of rotatable bonds is 7. The quantitative estimate of drug-likeness (QED) is 0.678. The average molecular weight is 217 g/mol. The van der Waals surface area contributed by atoms with Gasteiger partial charge in [0.2, 0.25) is 5.91 Å². The van der Waals surface area contributed by atoms with Gasteiger partial charge in [-0.05, 0) is 0 Å². The van der Waals surface area contributed by atoms with Gasteiger partial charge in [0.15, 0.2) is 0 Å². The van der Waals surface area contributed by atoms with Crippen LogP contribution in [0.15, 0.2) is 0 Å². The molecule has 0 saturated heterocycles. The predicted octanol–water partition coefficient (Wildman–Crippen LogP) is 0.592. The van der Waals surface area contributed by atoms with E-state index < -0.39 is 5.97 Å². The molecule has 0 aliphatic heterocycles. The summed E-state index contributed by atoms with van der Waals surface area (Å²) in [6, 6.07) is 0. The first-order valence-corrected chi connectivity index (χ1v) is 4.98. The van der Waals surface area contributed by atoms with Gasteiger partial charge in [-0.15, -0.1) is 0 Å². The molecule has 1 N–H and O–H groups in total. The van der Waals surface area contributed by atoms with Gasteiger partial charge in [-0.2, -0.15) is 0 Å². The molecule has 0 aliphatic carbocycles. The fourth-order valence-electron chi connectivity index (χ4n) is 1.13. The minimum Gasteiger partial charge on any atom is -0.481 e. The van der Waals surface area contributed by atoms with Crippen LogP contribution in [0.2, 0.25) is 0 Å². The Morgan fingerprint density at radius 2 is 1.93 bits per heavy atom. The topological polar surface area (TPSA) is 66.8 Å². The Bertz CT molecular complexity index is 215. The van der Waals surface area contributed by atoms with Crippen LogP contribution in [-0.4, -0.2) is 48.7 Å². The molecule has 0 rings (SSSR count). The van der Waals surface area contributed by atoms with E-state index in [0.29, 0.717) is 13.2 Å². The number of aliphatic carboxylic acids is 1. The van der Waals surface area contributed by atoms with Gasteiger partial charge in [-0.3, -0.25) is 9.59 Å². The van der Waals surface area contributed by atoms with E-state index in [1.807, 2.05) is 0 Å². The Hall–Kier alpha value is -1.10. The highest BCUT2D eigenvalue weighted by atomic mass is 16.5. The molecule has 0 fully saturated rings. The van der Waals surface area contributed by atoms with Crippen LogP contribution in [0.1, 0.15) is 20.3 Å². The molecule has 5 heteroatoms. The molecule has 0 aromatic carbocycles. The second kappa shape index (κ2) is 7.23. The van der Waals surface area contributed by atoms with E-state index in [1.165, 1.54) is 4.90 Å². The highest BCUT2D eigenvalue weighted by molar-refractivity contribution is 5.78. The Labute approximate surface area is 90.0 Å². The van der Waals surface area contributed by atoms with Crippen LogP contribution >= 0.6 is 0 Å². The first-order chi connectivity index (χ1) is 6.99. The molecule has 0 atom stereocenters. The maximum atomic E-state index is 11.6. The SMILES string of the molecule is COCCN(CCC(=O)O)C(=O)C(C)C. The van der Waals surface area contributed by atoms with Gasteiger partial charge < -0.3 is 14.7 Å². The van der Waals surface area contributed by atoms with E-state index in [9.17, 15) is 9.59 Å². The zero-order valence-electron chi connectivity index (χ0n) is 9.52. The van der Waals surface area contributed by atoms with Gasteiger partial charge in [0.25, 0.3) is 0 Å². The van der Waals surface area contributed by atoms with Crippen molar-refractivity contribution in [1.29, 1.82) is 0 Å². The van der Waals surface area contributed by atoms with Crippen LogP contribution in [0.25, 0.3) is 0 Å². The van der Waals surface area contributed by atoms with Crippen molar-refractivity contribution in [2.24, 2.45) is 5.92 Å². The largest absolute Gasteiger partial charge is 0.481 e. The standard InChI is InChI=1S/C10H19NO4/c1-8(2)10(14)11(6-7-15-3)5-4-9(12)13/h8H,4-7H2,1-3H3,(H,12,13). The maximum Gasteiger partial charge on any atom is 0.305 e. The van der Waals surface area contributed by atoms with Gasteiger partial charge in [-0.25, -0.2) is 0 Å². The zero-order chi connectivity index (χ0) is 11.8. The van der Waals surface area contributed by atoms with E-state index in [1.54, 1.807) is 21.0 Å². The molecule has 0 radical (unpaired) electrons. The number of carbonyl (C=O) groups is 2. The number of carboxylic acids is 1. The fourth-order valence-corrected chi connectivity index (χ4v) is 1.13. The van der Waals surface area contributed by atoms with Crippen LogP contribution in [0.5, 0.6) is 0 Å². The molecule has 88 valence electrons. The van der Waals surface area contributed by atoms with Crippen molar-refractivity contribution >= 4 is 11.9 Å². The van der Waals surface area contributed by atoms with E-state index >= 15 is 0 Å². The number of nitrogens with zero attached hydrogens (tertiary/aromatic N) is 1. The summed E-state index contributed by atoms with van der Waals surface area (Å²) in [4.78, 5) is 23.6. The summed E-state index contributed by atoms with van der Waals surface area (Å²) < 4.78 is 4.87. The number of hydrogen-bond donors (Lipinski definition) is 1. The van der Waals surface area contributed by atoms with Crippen LogP contribution in [-0.2, 0) is 14.3 Å². The summed E-state index contributed by atoms with van der Waals surface area (Å²) in [5, 5.41) is 8.54. The van der Waals surface area contributed by atoms with Gasteiger partial charge in [0.1, 0.15) is 0 Å². The Kier molecular flexibility index (Phi) is 6.70. The first kappa shape index (κ1) is 13.9. The second-order valence-corrected chi connectivity index (χ2v) is 3.62. The summed E-state index contributed by atoms with van der Waals surface area (Å²) >= 11 is 0. The average Bonchev–Trinajstić information content (AvgIpc) is 2.16. The number of methoxy groups -OCH3 is 1. The summed E-state index contributed by atoms with van der Waals surface area (Å²) in [6.45, 7) is 4.71. The number of hydrogen-bond acceptors (Lipinski definition) is 3. The molecule has 0 aliphatic rings. The molecular formula is C10H19NO4. The van der Waals surface area contributed by atoms with Crippen molar-refractivity contribution in [3.05, 3.63) is 0 Å². The van der Waals surface area contributed by atoms with Crippen LogP contribution in [0.3, 0.4) is 0 Å². The molecule has 0 heterocycles. The van der Waals surface area contributed by atoms with Crippen molar-refractivity contribution in [1.82, 2.24) is 4.90 Å². The van der Waals surface area contributed by atoms with Crippen molar-refractivity contribution in [2.45, 2.75) is 20.3 Å². The van der Waals surface area contributed by atoms with Gasteiger partial charge >= 0.3 is 5.97 Å². The lowest BCUT2D eigenvalue weighted by molar-refractivity contribution is -0.139. The summed E-state index contributed by atoms with van der Waals surface area (Å²) in [5.74, 6) is -1.04. The van der Waals surface area contributed by atoms with E-state index in [4.69, 9.17) is 9.84 Å². The summed E-state index contributed by atoms with van der Waals surface area (Å²) in [6.07, 6.45) is -0.0256. The zero-order valence-corrected chi connectivity index (χ0v) is 9.52.